The van der Waals surface area contributed by atoms with Crippen molar-refractivity contribution in [3.8, 4) is 0 Å². The summed E-state index contributed by atoms with van der Waals surface area (Å²) in [6.07, 6.45) is 1.02. The molecule has 0 fully saturated rings. The summed E-state index contributed by atoms with van der Waals surface area (Å²) in [5.74, 6) is 0. The summed E-state index contributed by atoms with van der Waals surface area (Å²) in [7, 11) is 1.71. The number of hydrogen-bond donors (Lipinski definition) is 1. The lowest BCUT2D eigenvalue weighted by molar-refractivity contribution is 0.135. The molecule has 0 aliphatic rings. The molecule has 0 bridgehead atoms. The standard InChI is InChI=1S/C11H19NO2S/c1-13-8-5-12-6-9-14-7-4-11-3-2-10-15-11/h2-3,10,12H,4-9H2,1H3. The fourth-order valence-corrected chi connectivity index (χ4v) is 1.86. The minimum atomic E-state index is 0.759. The van der Waals surface area contributed by atoms with Crippen LogP contribution in [-0.2, 0) is 15.9 Å². The largest absolute Gasteiger partial charge is 0.383 e. The number of nitrogens with one attached hydrogen (secondary N) is 1. The fourth-order valence-electron chi connectivity index (χ4n) is 1.17. The van der Waals surface area contributed by atoms with Crippen LogP contribution in [0.5, 0.6) is 0 Å². The highest BCUT2D eigenvalue weighted by atomic mass is 32.1. The van der Waals surface area contributed by atoms with Crippen LogP contribution < -0.4 is 5.32 Å². The second-order valence-electron chi connectivity index (χ2n) is 3.18. The fraction of sp³-hybridized carbons (Fsp3) is 0.636. The van der Waals surface area contributed by atoms with Crippen molar-refractivity contribution < 1.29 is 9.47 Å². The maximum absolute atomic E-state index is 5.49. The molecule has 1 rings (SSSR count). The number of methoxy groups -OCH3 is 1. The molecule has 0 amide bonds. The highest BCUT2D eigenvalue weighted by Crippen LogP contribution is 2.08. The smallest absolute Gasteiger partial charge is 0.0591 e. The van der Waals surface area contributed by atoms with Crippen molar-refractivity contribution in [2.45, 2.75) is 6.42 Å². The molecule has 0 saturated carbocycles. The SMILES string of the molecule is COCCNCCOCCc1cccs1. The Hall–Kier alpha value is -0.420. The molecule has 1 aromatic heterocycles. The van der Waals surface area contributed by atoms with Crippen molar-refractivity contribution in [1.29, 1.82) is 0 Å². The summed E-state index contributed by atoms with van der Waals surface area (Å²) >= 11 is 1.79. The van der Waals surface area contributed by atoms with Crippen molar-refractivity contribution in [2.24, 2.45) is 0 Å². The number of ether oxygens (including phenoxy) is 2. The van der Waals surface area contributed by atoms with E-state index in [2.05, 4.69) is 22.8 Å². The van der Waals surface area contributed by atoms with Crippen molar-refractivity contribution in [1.82, 2.24) is 5.32 Å². The summed E-state index contributed by atoms with van der Waals surface area (Å²) in [6, 6.07) is 4.22. The van der Waals surface area contributed by atoms with Crippen LogP contribution in [-0.4, -0.2) is 40.0 Å². The Kier molecular flexibility index (Phi) is 7.47. The summed E-state index contributed by atoms with van der Waals surface area (Å²) in [5, 5.41) is 5.33. The lowest BCUT2D eigenvalue weighted by Crippen LogP contribution is -2.23. The molecule has 0 radical (unpaired) electrons. The molecule has 4 heteroatoms. The zero-order valence-electron chi connectivity index (χ0n) is 9.20. The highest BCUT2D eigenvalue weighted by Gasteiger charge is 1.93. The Bertz CT molecular complexity index is 227. The van der Waals surface area contributed by atoms with Gasteiger partial charge in [-0.25, -0.2) is 0 Å². The van der Waals surface area contributed by atoms with E-state index in [1.165, 1.54) is 4.88 Å². The molecule has 86 valence electrons. The summed E-state index contributed by atoms with van der Waals surface area (Å²) < 4.78 is 10.4. The van der Waals surface area contributed by atoms with Gasteiger partial charge < -0.3 is 14.8 Å². The van der Waals surface area contributed by atoms with Crippen LogP contribution in [0.25, 0.3) is 0 Å². The van der Waals surface area contributed by atoms with Crippen LogP contribution in [0.3, 0.4) is 0 Å². The first kappa shape index (κ1) is 12.6. The molecule has 0 aliphatic carbocycles. The number of hydrogen-bond acceptors (Lipinski definition) is 4. The predicted octanol–water partition coefficient (Wildman–Crippen LogP) is 1.54. The van der Waals surface area contributed by atoms with E-state index in [0.29, 0.717) is 0 Å². The van der Waals surface area contributed by atoms with Gasteiger partial charge in [-0.2, -0.15) is 0 Å². The monoisotopic (exact) mass is 229 g/mol. The Morgan fingerprint density at radius 3 is 2.87 bits per heavy atom. The lowest BCUT2D eigenvalue weighted by atomic mass is 10.4. The third-order valence-corrected chi connectivity index (χ3v) is 2.92. The van der Waals surface area contributed by atoms with E-state index in [0.717, 1.165) is 39.3 Å². The molecule has 1 aromatic rings. The Morgan fingerprint density at radius 2 is 2.13 bits per heavy atom. The van der Waals surface area contributed by atoms with Crippen molar-refractivity contribution in [2.75, 3.05) is 40.0 Å². The Morgan fingerprint density at radius 1 is 1.27 bits per heavy atom. The van der Waals surface area contributed by atoms with E-state index < -0.39 is 0 Å². The summed E-state index contributed by atoms with van der Waals surface area (Å²) in [5.41, 5.74) is 0. The zero-order valence-corrected chi connectivity index (χ0v) is 10.0. The quantitative estimate of drug-likeness (QED) is 0.652. The van der Waals surface area contributed by atoms with E-state index in [1.54, 1.807) is 18.4 Å². The zero-order chi connectivity index (χ0) is 10.8. The highest BCUT2D eigenvalue weighted by molar-refractivity contribution is 7.09. The van der Waals surface area contributed by atoms with Crippen LogP contribution in [0.4, 0.5) is 0 Å². The van der Waals surface area contributed by atoms with Crippen LogP contribution in [0, 0.1) is 0 Å². The van der Waals surface area contributed by atoms with E-state index in [9.17, 15) is 0 Å². The van der Waals surface area contributed by atoms with Gasteiger partial charge in [0.2, 0.25) is 0 Å². The van der Waals surface area contributed by atoms with Gasteiger partial charge in [-0.15, -0.1) is 11.3 Å². The van der Waals surface area contributed by atoms with Gasteiger partial charge in [0.05, 0.1) is 19.8 Å². The van der Waals surface area contributed by atoms with E-state index in [4.69, 9.17) is 9.47 Å². The number of thiophene rings is 1. The molecule has 0 aliphatic heterocycles. The lowest BCUT2D eigenvalue weighted by Gasteiger charge is -2.04. The molecule has 15 heavy (non-hydrogen) atoms. The van der Waals surface area contributed by atoms with Gasteiger partial charge in [-0.1, -0.05) is 6.07 Å². The molecule has 0 unspecified atom stereocenters. The molecule has 1 heterocycles. The van der Waals surface area contributed by atoms with Gasteiger partial charge in [-0.3, -0.25) is 0 Å². The van der Waals surface area contributed by atoms with E-state index in [-0.39, 0.29) is 0 Å². The Labute approximate surface area is 95.4 Å². The van der Waals surface area contributed by atoms with Gasteiger partial charge in [0.25, 0.3) is 0 Å². The van der Waals surface area contributed by atoms with Crippen LogP contribution >= 0.6 is 11.3 Å². The predicted molar refractivity (Wildman–Crippen MR) is 63.6 cm³/mol. The minimum absolute atomic E-state index is 0.759. The molecule has 3 nitrogen and oxygen atoms in total. The van der Waals surface area contributed by atoms with Gasteiger partial charge in [0.15, 0.2) is 0 Å². The average molecular weight is 229 g/mol. The van der Waals surface area contributed by atoms with Crippen molar-refractivity contribution >= 4 is 11.3 Å². The molecule has 0 saturated heterocycles. The third-order valence-electron chi connectivity index (χ3n) is 1.98. The van der Waals surface area contributed by atoms with Gasteiger partial charge in [-0.05, 0) is 11.4 Å². The van der Waals surface area contributed by atoms with Crippen molar-refractivity contribution in [3.63, 3.8) is 0 Å². The van der Waals surface area contributed by atoms with Gasteiger partial charge in [0, 0.05) is 31.5 Å². The molecule has 1 N–H and O–H groups in total. The Balaban J connectivity index is 1.81. The minimum Gasteiger partial charge on any atom is -0.383 e. The first-order valence-corrected chi connectivity index (χ1v) is 6.11. The number of rotatable bonds is 9. The molecular weight excluding hydrogens is 210 g/mol. The molecule has 0 spiro atoms. The summed E-state index contributed by atoms with van der Waals surface area (Å²) in [6.45, 7) is 4.13. The third kappa shape index (κ3) is 6.62. The average Bonchev–Trinajstić information content (AvgIpc) is 2.75. The van der Waals surface area contributed by atoms with Crippen molar-refractivity contribution in [3.05, 3.63) is 22.4 Å². The normalized spacial score (nSPS) is 10.7. The van der Waals surface area contributed by atoms with E-state index >= 15 is 0 Å². The first-order valence-electron chi connectivity index (χ1n) is 5.23. The molecule has 0 aromatic carbocycles. The maximum Gasteiger partial charge on any atom is 0.0591 e. The molecular formula is C11H19NO2S. The van der Waals surface area contributed by atoms with Gasteiger partial charge >= 0.3 is 0 Å². The second-order valence-corrected chi connectivity index (χ2v) is 4.22. The van der Waals surface area contributed by atoms with E-state index in [1.807, 2.05) is 0 Å². The van der Waals surface area contributed by atoms with Gasteiger partial charge in [0.1, 0.15) is 0 Å². The van der Waals surface area contributed by atoms with Crippen LogP contribution in [0.1, 0.15) is 4.88 Å². The van der Waals surface area contributed by atoms with Crippen LogP contribution in [0.15, 0.2) is 17.5 Å². The maximum atomic E-state index is 5.49. The first-order chi connectivity index (χ1) is 7.43. The second kappa shape index (κ2) is 8.85. The molecule has 0 atom stereocenters. The topological polar surface area (TPSA) is 30.5 Å². The summed E-state index contributed by atoms with van der Waals surface area (Å²) in [4.78, 5) is 1.39. The van der Waals surface area contributed by atoms with Crippen LogP contribution in [0.2, 0.25) is 0 Å².